The monoisotopic (exact) mass is 1480 g/mol. The first-order chi connectivity index (χ1) is 45.4. The summed E-state index contributed by atoms with van der Waals surface area (Å²) in [5.74, 6) is 1.10. The first-order valence-corrected chi connectivity index (χ1v) is 35.5. The molecule has 0 N–H and O–H groups in total. The molecule has 1 radical (unpaired) electrons. The van der Waals surface area contributed by atoms with E-state index in [-0.39, 0.29) is 53.3 Å². The van der Waals surface area contributed by atoms with Crippen LogP contribution in [0.25, 0.3) is 22.5 Å². The van der Waals surface area contributed by atoms with Crippen LogP contribution in [0.2, 0.25) is 0 Å². The molecule has 0 fully saturated rings. The van der Waals surface area contributed by atoms with Crippen LogP contribution in [-0.4, -0.2) is 4.98 Å². The summed E-state index contributed by atoms with van der Waals surface area (Å²) in [5, 5.41) is 36.3. The number of hydrogen-bond acceptors (Lipinski definition) is 3. The second-order valence-corrected chi connectivity index (χ2v) is 31.9. The third kappa shape index (κ3) is 23.4. The Labute approximate surface area is 592 Å². The van der Waals surface area contributed by atoms with Gasteiger partial charge >= 0.3 is 0 Å². The number of hydrogen-bond donors (Lipinski definition) is 0. The Morgan fingerprint density at radius 3 is 0.698 bits per heavy atom. The fraction of sp³-hybridized carbons (Fsp3) is 0.200. The van der Waals surface area contributed by atoms with Crippen LogP contribution < -0.4 is 42.0 Å². The Hall–Kier alpha value is -8.45. The Kier molecular flexibility index (Phi) is 29.6. The molecule has 12 aromatic rings. The Balaban J connectivity index is 0.000000211. The normalized spacial score (nSPS) is 11.0. The van der Waals surface area contributed by atoms with Gasteiger partial charge in [0.2, 0.25) is 0 Å². The van der Waals surface area contributed by atoms with Gasteiger partial charge in [-0.3, -0.25) is 0 Å². The van der Waals surface area contributed by atoms with Crippen LogP contribution in [-0.2, 0) is 41.8 Å². The molecule has 12 rings (SSSR count). The van der Waals surface area contributed by atoms with Gasteiger partial charge in [-0.2, -0.15) is 36.4 Å². The summed E-state index contributed by atoms with van der Waals surface area (Å²) in [6.07, 6.45) is 0. The number of rotatable bonds is 9. The number of aromatic nitrogens is 1. The third-order valence-electron chi connectivity index (χ3n) is 15.5. The van der Waals surface area contributed by atoms with E-state index in [0.29, 0.717) is 22.5 Å². The van der Waals surface area contributed by atoms with Crippen LogP contribution in [0, 0.1) is 12.0 Å². The molecule has 0 atom stereocenters. The zero-order valence-electron chi connectivity index (χ0n) is 58.6. The van der Waals surface area contributed by atoms with Crippen LogP contribution in [0.1, 0.15) is 125 Å². The minimum atomic E-state index is -0.446. The zero-order valence-corrected chi connectivity index (χ0v) is 62.8. The molecule has 0 unspecified atom stereocenters. The van der Waals surface area contributed by atoms with Gasteiger partial charge in [0.15, 0.2) is 0 Å². The topological polar surface area (TPSA) is 59.0 Å². The molecule has 0 aliphatic heterocycles. The number of pyridine rings is 1. The molecule has 0 spiro atoms. The van der Waals surface area contributed by atoms with Crippen LogP contribution in [0.3, 0.4) is 0 Å². The van der Waals surface area contributed by atoms with E-state index in [2.05, 4.69) is 297 Å². The molecule has 11 aromatic carbocycles. The maximum Gasteiger partial charge on any atom is 0.136 e. The molecule has 0 saturated heterocycles. The molecule has 1 aromatic heterocycles. The van der Waals surface area contributed by atoms with Crippen LogP contribution in [0.15, 0.2) is 322 Å². The second-order valence-electron chi connectivity index (χ2n) is 27.5. The van der Waals surface area contributed by atoms with Crippen molar-refractivity contribution in [2.45, 2.75) is 119 Å². The van der Waals surface area contributed by atoms with Crippen molar-refractivity contribution in [1.29, 1.82) is 0 Å². The van der Waals surface area contributed by atoms with E-state index in [4.69, 9.17) is 4.98 Å². The molecule has 0 aliphatic carbocycles. The van der Waals surface area contributed by atoms with Crippen molar-refractivity contribution in [1.82, 2.24) is 4.98 Å². The largest absolute Gasteiger partial charge is 0.872 e. The summed E-state index contributed by atoms with van der Waals surface area (Å²) in [6.45, 7) is 29.6. The Bertz CT molecular complexity index is 3550. The van der Waals surface area contributed by atoms with Crippen molar-refractivity contribution in [3.63, 3.8) is 0 Å². The molecule has 493 valence electrons. The SMILES string of the molecule is C[C+](C)c1cc(-c2cc(C(C)(C)C)cc(C(C)(C)C)c2[O-])nc(-c2cc(C(C)(C)C)cc(C(C)(C)C)c2[O-])c1.[Ir].[c-]1ccccc1.c1ccc(P(c2ccccc2)c2ccccc2)cc1.c1ccc(P(c2ccccc2)c2ccccc2)cc1.c1ccccc1.c1ccccc1. The van der Waals surface area contributed by atoms with Crippen LogP contribution >= 0.6 is 15.8 Å². The average Bonchev–Trinajstić information content (AvgIpc) is 0.764. The second kappa shape index (κ2) is 37.2. The molecule has 3 nitrogen and oxygen atoms in total. The van der Waals surface area contributed by atoms with Crippen LogP contribution in [0.4, 0.5) is 0 Å². The van der Waals surface area contributed by atoms with E-state index in [1.54, 1.807) is 0 Å². The van der Waals surface area contributed by atoms with E-state index in [9.17, 15) is 10.2 Å². The summed E-state index contributed by atoms with van der Waals surface area (Å²) < 4.78 is 0. The van der Waals surface area contributed by atoms with E-state index in [1.807, 2.05) is 127 Å². The molecule has 1 heterocycles. The first-order valence-electron chi connectivity index (χ1n) is 32.8. The van der Waals surface area contributed by atoms with E-state index in [0.717, 1.165) is 33.7 Å². The predicted octanol–water partition coefficient (Wildman–Crippen LogP) is 20.5. The molecule has 0 aliphatic rings. The van der Waals surface area contributed by atoms with Gasteiger partial charge in [0.25, 0.3) is 0 Å². The maximum absolute atomic E-state index is 14.0. The summed E-state index contributed by atoms with van der Waals surface area (Å²) in [5.41, 5.74) is 6.24. The minimum absolute atomic E-state index is 0. The molecular weight excluding hydrogens is 1380 g/mol. The quantitative estimate of drug-likeness (QED) is 0.107. The summed E-state index contributed by atoms with van der Waals surface area (Å²) in [6, 6.07) is 113. The van der Waals surface area contributed by atoms with Gasteiger partial charge in [-0.1, -0.05) is 362 Å². The smallest absolute Gasteiger partial charge is 0.136 e. The van der Waals surface area contributed by atoms with Crippen molar-refractivity contribution in [2.75, 3.05) is 0 Å². The Morgan fingerprint density at radius 1 is 0.302 bits per heavy atom. The van der Waals surface area contributed by atoms with Gasteiger partial charge in [-0.25, -0.2) is 4.98 Å². The molecule has 0 bridgehead atoms. The number of benzene rings is 11. The van der Waals surface area contributed by atoms with Crippen molar-refractivity contribution in [2.24, 2.45) is 0 Å². The summed E-state index contributed by atoms with van der Waals surface area (Å²) in [7, 11) is -0.892. The van der Waals surface area contributed by atoms with Crippen molar-refractivity contribution >= 4 is 47.7 Å². The molecular formula is C90H95IrNO2P2-2. The van der Waals surface area contributed by atoms with Crippen molar-refractivity contribution in [3.8, 4) is 34.0 Å². The molecule has 0 saturated carbocycles. The first kappa shape index (κ1) is 76.6. The van der Waals surface area contributed by atoms with Crippen molar-refractivity contribution in [3.05, 3.63) is 361 Å². The van der Waals surface area contributed by atoms with Gasteiger partial charge in [-0.15, -0.1) is 0 Å². The molecule has 96 heavy (non-hydrogen) atoms. The van der Waals surface area contributed by atoms with E-state index < -0.39 is 15.8 Å². The average molecular weight is 1480 g/mol. The van der Waals surface area contributed by atoms with Gasteiger partial charge in [0.05, 0.1) is 12.1 Å². The standard InChI is InChI=1S/C36H49NO2.2C18H15P.2C6H6.C6H5.Ir/c1-21(2)22-15-29(25-17-23(33(3,4)5)19-27(31(25)38)35(9,10)11)37-30(16-22)26-18-24(34(6,7)8)20-28(32(26)39)36(12,13)14;2*1-4-10-16(11-5-1)19(17-12-6-2-7-13-17)18-14-8-3-9-15-18;3*1-2-4-6-5-3-1;/h15-20H,1-14H3,(H-,37,38,39);2*1-15H;2*1-6H;1-5H;/q;;;;;-1;/p-1. The molecule has 6 heteroatoms. The minimum Gasteiger partial charge on any atom is -0.872 e. The van der Waals surface area contributed by atoms with Gasteiger partial charge in [0.1, 0.15) is 17.0 Å². The van der Waals surface area contributed by atoms with Gasteiger partial charge < -0.3 is 10.2 Å². The van der Waals surface area contributed by atoms with Crippen LogP contribution in [0.5, 0.6) is 11.5 Å². The third-order valence-corrected chi connectivity index (χ3v) is 20.4. The fourth-order valence-corrected chi connectivity index (χ4v) is 14.8. The summed E-state index contributed by atoms with van der Waals surface area (Å²) >= 11 is 0. The maximum atomic E-state index is 14.0. The van der Waals surface area contributed by atoms with Gasteiger partial charge in [-0.05, 0) is 104 Å². The fourth-order valence-electron chi connectivity index (χ4n) is 10.2. The predicted molar refractivity (Wildman–Crippen MR) is 411 cm³/mol. The van der Waals surface area contributed by atoms with E-state index in [1.165, 1.54) is 31.8 Å². The zero-order chi connectivity index (χ0) is 68.4. The van der Waals surface area contributed by atoms with E-state index >= 15 is 0 Å². The molecule has 0 amide bonds. The number of nitrogens with zero attached hydrogens (tertiary/aromatic N) is 1. The summed E-state index contributed by atoms with van der Waals surface area (Å²) in [4.78, 5) is 5.06. The Morgan fingerprint density at radius 2 is 0.521 bits per heavy atom. The van der Waals surface area contributed by atoms with Gasteiger partial charge in [0, 0.05) is 51.0 Å². The van der Waals surface area contributed by atoms with Crippen molar-refractivity contribution < 1.29 is 30.3 Å².